The second-order valence-electron chi connectivity index (χ2n) is 13.2. The van der Waals surface area contributed by atoms with Gasteiger partial charge in [-0.3, -0.25) is 14.7 Å². The highest BCUT2D eigenvalue weighted by molar-refractivity contribution is 9.09. The minimum atomic E-state index is -0.645. The Morgan fingerprint density at radius 3 is 2.73 bits per heavy atom. The van der Waals surface area contributed by atoms with Gasteiger partial charge in [0.15, 0.2) is 5.82 Å². The van der Waals surface area contributed by atoms with E-state index >= 15 is 4.39 Å². The molecule has 1 spiro atoms. The van der Waals surface area contributed by atoms with Gasteiger partial charge in [0.05, 0.1) is 25.7 Å². The average Bonchev–Trinajstić information content (AvgIpc) is 3.70. The largest absolute Gasteiger partial charge is 0.508 e. The molecule has 4 aliphatic heterocycles. The number of aromatic nitrogens is 3. The van der Waals surface area contributed by atoms with Crippen LogP contribution in [0.25, 0.3) is 22.2 Å². The molecule has 256 valence electrons. The van der Waals surface area contributed by atoms with Gasteiger partial charge in [0.2, 0.25) is 5.91 Å². The maximum Gasteiger partial charge on any atom is 0.318 e. The number of benzene rings is 1. The molecule has 2 unspecified atom stereocenters. The predicted octanol–water partition coefficient (Wildman–Crippen LogP) is 5.64. The number of carbonyl (C=O) groups is 1. The Kier molecular flexibility index (Phi) is 9.49. The Balaban J connectivity index is 0.000000347. The standard InChI is InChI=1S/C27H26BrClFN5O4.C7H12FN/c1-38-26-32-24-18(11-31-23(22(24)30)17-9-16(36)10-19(29)21(17)15-4-5-15)25(33-26)34-7-8-35(20(37)3-2-6-28)27(12-34)13-39-14-27;8-6-4-7-2-1-3-9(7)5-6/h2-3,9-11,15,36H,4-8,12-14H2,1H3;6-7H,1-5H2/b3-2+;. The molecule has 6 heterocycles. The zero-order valence-corrected chi connectivity index (χ0v) is 29.0. The number of pyridine rings is 1. The molecule has 8 rings (SSSR count). The minimum absolute atomic E-state index is 0.0163. The molecule has 10 nitrogen and oxygen atoms in total. The summed E-state index contributed by atoms with van der Waals surface area (Å²) in [5.74, 6) is -0.108. The quantitative estimate of drug-likeness (QED) is 0.254. The van der Waals surface area contributed by atoms with Crippen molar-refractivity contribution in [3.63, 3.8) is 0 Å². The first-order chi connectivity index (χ1) is 23.2. The Bertz CT molecular complexity index is 1730. The molecule has 48 heavy (non-hydrogen) atoms. The van der Waals surface area contributed by atoms with Crippen molar-refractivity contribution in [2.45, 2.75) is 55.8 Å². The number of nitrogens with zero attached hydrogens (tertiary/aromatic N) is 6. The molecular weight excluding hydrogens is 710 g/mol. The number of fused-ring (bicyclic) bond motifs is 2. The van der Waals surface area contributed by atoms with E-state index in [0.717, 1.165) is 31.4 Å². The van der Waals surface area contributed by atoms with Gasteiger partial charge in [-0.05, 0) is 68.3 Å². The Hall–Kier alpha value is -3.13. The van der Waals surface area contributed by atoms with E-state index in [2.05, 4.69) is 35.8 Å². The summed E-state index contributed by atoms with van der Waals surface area (Å²) in [6, 6.07) is 3.60. The first-order valence-electron chi connectivity index (χ1n) is 16.4. The molecule has 2 atom stereocenters. The number of phenolic OH excluding ortho intramolecular Hbond substituents is 1. The summed E-state index contributed by atoms with van der Waals surface area (Å²) in [4.78, 5) is 32.4. The summed E-state index contributed by atoms with van der Waals surface area (Å²) < 4.78 is 39.7. The lowest BCUT2D eigenvalue weighted by Gasteiger charge is -2.55. The maximum absolute atomic E-state index is 16.2. The van der Waals surface area contributed by atoms with E-state index in [1.807, 2.05) is 9.80 Å². The molecule has 1 N–H and O–H groups in total. The van der Waals surface area contributed by atoms with Crippen molar-refractivity contribution in [1.29, 1.82) is 0 Å². The number of phenols is 1. The lowest BCUT2D eigenvalue weighted by atomic mass is 9.91. The van der Waals surface area contributed by atoms with E-state index in [-0.39, 0.29) is 34.8 Å². The lowest BCUT2D eigenvalue weighted by Crippen LogP contribution is -2.72. The number of allylic oxidation sites excluding steroid dienone is 1. The number of hydrogen-bond donors (Lipinski definition) is 1. The molecule has 0 radical (unpaired) electrons. The summed E-state index contributed by atoms with van der Waals surface area (Å²) in [6.45, 7) is 4.03. The Morgan fingerprint density at radius 2 is 2.04 bits per heavy atom. The van der Waals surface area contributed by atoms with Gasteiger partial charge in [0.1, 0.15) is 34.5 Å². The first-order valence-corrected chi connectivity index (χ1v) is 17.9. The highest BCUT2D eigenvalue weighted by Crippen LogP contribution is 2.49. The van der Waals surface area contributed by atoms with E-state index in [9.17, 15) is 14.3 Å². The molecule has 1 saturated carbocycles. The number of methoxy groups -OCH3 is 1. The van der Waals surface area contributed by atoms with Gasteiger partial charge < -0.3 is 24.4 Å². The van der Waals surface area contributed by atoms with Crippen LogP contribution in [-0.2, 0) is 9.53 Å². The number of halogens is 4. The molecular formula is C34H38BrClF2N6O4. The molecule has 4 saturated heterocycles. The van der Waals surface area contributed by atoms with Crippen molar-refractivity contribution < 1.29 is 28.2 Å². The zero-order valence-electron chi connectivity index (χ0n) is 26.7. The summed E-state index contributed by atoms with van der Waals surface area (Å²) in [5.41, 5.74) is 0.839. The van der Waals surface area contributed by atoms with E-state index < -0.39 is 17.5 Å². The number of aromatic hydroxyl groups is 1. The molecule has 1 aromatic carbocycles. The smallest absolute Gasteiger partial charge is 0.318 e. The number of ether oxygens (including phenoxy) is 2. The molecule has 3 aromatic rings. The molecule has 1 amide bonds. The number of rotatable bonds is 6. The fourth-order valence-corrected chi connectivity index (χ4v) is 8.03. The number of carbonyl (C=O) groups excluding carboxylic acids is 1. The van der Waals surface area contributed by atoms with Gasteiger partial charge in [0, 0.05) is 54.3 Å². The first kappa shape index (κ1) is 33.4. The monoisotopic (exact) mass is 746 g/mol. The van der Waals surface area contributed by atoms with Crippen molar-refractivity contribution in [2.75, 3.05) is 63.3 Å². The summed E-state index contributed by atoms with van der Waals surface area (Å²) in [7, 11) is 1.43. The van der Waals surface area contributed by atoms with Crippen LogP contribution in [0.5, 0.6) is 11.8 Å². The van der Waals surface area contributed by atoms with Crippen molar-refractivity contribution in [2.24, 2.45) is 0 Å². The third-order valence-electron chi connectivity index (χ3n) is 9.95. The number of piperazine rings is 1. The van der Waals surface area contributed by atoms with Crippen LogP contribution in [0.1, 0.15) is 43.6 Å². The van der Waals surface area contributed by atoms with Crippen LogP contribution in [-0.4, -0.2) is 112 Å². The Labute approximate surface area is 291 Å². The second-order valence-corrected chi connectivity index (χ2v) is 14.2. The van der Waals surface area contributed by atoms with Crippen LogP contribution in [0.2, 0.25) is 5.02 Å². The minimum Gasteiger partial charge on any atom is -0.508 e. The van der Waals surface area contributed by atoms with Crippen molar-refractivity contribution in [3.8, 4) is 23.0 Å². The molecule has 5 aliphatic rings. The van der Waals surface area contributed by atoms with Crippen LogP contribution >= 0.6 is 27.5 Å². The van der Waals surface area contributed by atoms with Crippen LogP contribution in [0.15, 0.2) is 30.5 Å². The maximum atomic E-state index is 16.2. The molecule has 0 bridgehead atoms. The van der Waals surface area contributed by atoms with Gasteiger partial charge in [-0.25, -0.2) is 8.78 Å². The van der Waals surface area contributed by atoms with Crippen LogP contribution in [0, 0.1) is 5.82 Å². The zero-order chi connectivity index (χ0) is 33.6. The topological polar surface area (TPSA) is 104 Å². The van der Waals surface area contributed by atoms with Crippen molar-refractivity contribution in [1.82, 2.24) is 24.8 Å². The SMILES string of the molecule is COc1nc(N2CCN(C(=O)/C=C/CBr)C3(COC3)C2)c2cnc(-c3cc(O)cc(Cl)c3C3CC3)c(F)c2n1.FC1CC2CCCN2C1. The third kappa shape index (κ3) is 6.34. The van der Waals surface area contributed by atoms with Gasteiger partial charge in [-0.1, -0.05) is 33.6 Å². The van der Waals surface area contributed by atoms with E-state index in [0.29, 0.717) is 72.6 Å². The normalized spacial score (nSPS) is 23.4. The molecule has 5 fully saturated rings. The average molecular weight is 748 g/mol. The van der Waals surface area contributed by atoms with Crippen molar-refractivity contribution in [3.05, 3.63) is 46.9 Å². The van der Waals surface area contributed by atoms with Crippen LogP contribution in [0.3, 0.4) is 0 Å². The fourth-order valence-electron chi connectivity index (χ4n) is 7.48. The van der Waals surface area contributed by atoms with Gasteiger partial charge >= 0.3 is 6.01 Å². The van der Waals surface area contributed by atoms with E-state index in [1.165, 1.54) is 32.1 Å². The van der Waals surface area contributed by atoms with Crippen LogP contribution in [0.4, 0.5) is 14.6 Å². The van der Waals surface area contributed by atoms with Crippen molar-refractivity contribution >= 4 is 50.2 Å². The number of alkyl halides is 2. The second kappa shape index (κ2) is 13.6. The predicted molar refractivity (Wildman–Crippen MR) is 182 cm³/mol. The lowest BCUT2D eigenvalue weighted by molar-refractivity contribution is -0.164. The summed E-state index contributed by atoms with van der Waals surface area (Å²) in [5, 5.41) is 11.6. The summed E-state index contributed by atoms with van der Waals surface area (Å²) >= 11 is 9.78. The number of anilines is 1. The summed E-state index contributed by atoms with van der Waals surface area (Å²) in [6.07, 6.45) is 9.59. The highest BCUT2D eigenvalue weighted by Gasteiger charge is 2.50. The van der Waals surface area contributed by atoms with E-state index in [1.54, 1.807) is 18.3 Å². The number of hydrogen-bond acceptors (Lipinski definition) is 9. The molecule has 2 aromatic heterocycles. The number of amides is 1. The van der Waals surface area contributed by atoms with E-state index in [4.69, 9.17) is 21.1 Å². The fraction of sp³-hybridized carbons (Fsp3) is 0.529. The highest BCUT2D eigenvalue weighted by atomic mass is 79.9. The molecule has 14 heteroatoms. The van der Waals surface area contributed by atoms with Gasteiger partial charge in [0.25, 0.3) is 0 Å². The molecule has 1 aliphatic carbocycles. The third-order valence-corrected chi connectivity index (χ3v) is 10.6. The van der Waals surface area contributed by atoms with Gasteiger partial charge in [-0.15, -0.1) is 0 Å². The Morgan fingerprint density at radius 1 is 1.23 bits per heavy atom. The van der Waals surface area contributed by atoms with Crippen LogP contribution < -0.4 is 9.64 Å². The van der Waals surface area contributed by atoms with Gasteiger partial charge in [-0.2, -0.15) is 9.97 Å².